The molecule has 0 aliphatic carbocycles. The SMILES string of the molecule is CCC[C@@H](CCn1cncn1)c1ccc(Cl)cc1. The number of halogens is 1. The van der Waals surface area contributed by atoms with Crippen LogP contribution in [0.2, 0.25) is 5.02 Å². The van der Waals surface area contributed by atoms with Crippen molar-refractivity contribution in [3.8, 4) is 0 Å². The first-order valence-corrected chi connectivity index (χ1v) is 6.75. The Hall–Kier alpha value is -1.35. The van der Waals surface area contributed by atoms with Crippen molar-refractivity contribution in [2.24, 2.45) is 0 Å². The zero-order chi connectivity index (χ0) is 12.8. The van der Waals surface area contributed by atoms with Crippen molar-refractivity contribution in [3.63, 3.8) is 0 Å². The maximum atomic E-state index is 5.93. The van der Waals surface area contributed by atoms with Crippen molar-refractivity contribution in [2.75, 3.05) is 0 Å². The van der Waals surface area contributed by atoms with Crippen molar-refractivity contribution < 1.29 is 0 Å². The quantitative estimate of drug-likeness (QED) is 0.791. The minimum atomic E-state index is 0.566. The second-order valence-electron chi connectivity index (χ2n) is 4.48. The van der Waals surface area contributed by atoms with Crippen LogP contribution in [0.1, 0.15) is 37.7 Å². The molecule has 3 nitrogen and oxygen atoms in total. The van der Waals surface area contributed by atoms with Gasteiger partial charge in [0.1, 0.15) is 12.7 Å². The molecule has 0 aliphatic rings. The minimum Gasteiger partial charge on any atom is -0.253 e. The predicted molar refractivity (Wildman–Crippen MR) is 73.7 cm³/mol. The zero-order valence-electron chi connectivity index (χ0n) is 10.6. The molecule has 1 aromatic heterocycles. The van der Waals surface area contributed by atoms with Gasteiger partial charge in [-0.15, -0.1) is 0 Å². The van der Waals surface area contributed by atoms with Gasteiger partial charge >= 0.3 is 0 Å². The van der Waals surface area contributed by atoms with E-state index >= 15 is 0 Å². The summed E-state index contributed by atoms with van der Waals surface area (Å²) in [6, 6.07) is 8.19. The first-order chi connectivity index (χ1) is 8.79. The molecule has 0 N–H and O–H groups in total. The lowest BCUT2D eigenvalue weighted by Gasteiger charge is -2.16. The third kappa shape index (κ3) is 3.57. The van der Waals surface area contributed by atoms with Crippen LogP contribution < -0.4 is 0 Å². The molecular formula is C14H18ClN3. The van der Waals surface area contributed by atoms with Crippen LogP contribution in [-0.4, -0.2) is 14.8 Å². The molecule has 0 saturated heterocycles. The molecule has 0 bridgehead atoms. The number of hydrogen-bond donors (Lipinski definition) is 0. The Morgan fingerprint density at radius 3 is 2.61 bits per heavy atom. The number of rotatable bonds is 6. The molecule has 0 fully saturated rings. The van der Waals surface area contributed by atoms with Gasteiger partial charge in [-0.3, -0.25) is 4.68 Å². The molecule has 2 rings (SSSR count). The fourth-order valence-corrected chi connectivity index (χ4v) is 2.32. The Bertz CT molecular complexity index is 450. The second-order valence-corrected chi connectivity index (χ2v) is 4.92. The van der Waals surface area contributed by atoms with E-state index in [1.807, 2.05) is 16.8 Å². The normalized spacial score (nSPS) is 12.6. The molecular weight excluding hydrogens is 246 g/mol. The standard InChI is InChI=1S/C14H18ClN3/c1-2-3-12(8-9-18-11-16-10-17-18)13-4-6-14(15)7-5-13/h4-7,10-12H,2-3,8-9H2,1H3/t12-/m0/s1. The predicted octanol–water partition coefficient (Wildman–Crippen LogP) is 3.91. The minimum absolute atomic E-state index is 0.566. The maximum absolute atomic E-state index is 5.93. The Balaban J connectivity index is 2.01. The highest BCUT2D eigenvalue weighted by Gasteiger charge is 2.10. The molecule has 0 amide bonds. The molecule has 1 atom stereocenters. The lowest BCUT2D eigenvalue weighted by Crippen LogP contribution is -2.06. The molecule has 18 heavy (non-hydrogen) atoms. The Morgan fingerprint density at radius 2 is 2.00 bits per heavy atom. The van der Waals surface area contributed by atoms with Gasteiger partial charge < -0.3 is 0 Å². The van der Waals surface area contributed by atoms with Gasteiger partial charge in [-0.1, -0.05) is 37.1 Å². The highest BCUT2D eigenvalue weighted by molar-refractivity contribution is 6.30. The van der Waals surface area contributed by atoms with Gasteiger partial charge in [0.2, 0.25) is 0 Å². The van der Waals surface area contributed by atoms with E-state index in [2.05, 4.69) is 29.1 Å². The molecule has 1 heterocycles. The monoisotopic (exact) mass is 263 g/mol. The summed E-state index contributed by atoms with van der Waals surface area (Å²) in [6.45, 7) is 3.13. The van der Waals surface area contributed by atoms with Crippen LogP contribution in [0, 0.1) is 0 Å². The van der Waals surface area contributed by atoms with Gasteiger partial charge in [-0.25, -0.2) is 4.98 Å². The van der Waals surface area contributed by atoms with Crippen LogP contribution in [0.4, 0.5) is 0 Å². The van der Waals surface area contributed by atoms with Crippen molar-refractivity contribution in [1.82, 2.24) is 14.8 Å². The Labute approximate surface area is 113 Å². The van der Waals surface area contributed by atoms with Crippen molar-refractivity contribution >= 4 is 11.6 Å². The zero-order valence-corrected chi connectivity index (χ0v) is 11.3. The van der Waals surface area contributed by atoms with E-state index in [0.717, 1.165) is 18.0 Å². The average Bonchev–Trinajstić information content (AvgIpc) is 2.89. The number of nitrogens with zero attached hydrogens (tertiary/aromatic N) is 3. The number of hydrogen-bond acceptors (Lipinski definition) is 2. The summed E-state index contributed by atoms with van der Waals surface area (Å²) < 4.78 is 1.89. The number of aromatic nitrogens is 3. The number of aryl methyl sites for hydroxylation is 1. The van der Waals surface area contributed by atoms with Crippen molar-refractivity contribution in [1.29, 1.82) is 0 Å². The third-order valence-electron chi connectivity index (χ3n) is 3.15. The van der Waals surface area contributed by atoms with Crippen LogP contribution in [0.5, 0.6) is 0 Å². The summed E-state index contributed by atoms with van der Waals surface area (Å²) in [5.74, 6) is 0.566. The summed E-state index contributed by atoms with van der Waals surface area (Å²) in [7, 11) is 0. The molecule has 0 spiro atoms. The molecule has 96 valence electrons. The Kier molecular flexibility index (Phi) is 4.76. The van der Waals surface area contributed by atoms with E-state index in [4.69, 9.17) is 11.6 Å². The fraction of sp³-hybridized carbons (Fsp3) is 0.429. The van der Waals surface area contributed by atoms with Gasteiger partial charge in [-0.2, -0.15) is 5.10 Å². The second kappa shape index (κ2) is 6.55. The highest BCUT2D eigenvalue weighted by atomic mass is 35.5. The van der Waals surface area contributed by atoms with E-state index in [1.165, 1.54) is 18.4 Å². The third-order valence-corrected chi connectivity index (χ3v) is 3.40. The van der Waals surface area contributed by atoms with Crippen LogP contribution in [0.3, 0.4) is 0 Å². The molecule has 0 radical (unpaired) electrons. The van der Waals surface area contributed by atoms with Gasteiger partial charge in [-0.05, 0) is 36.5 Å². The van der Waals surface area contributed by atoms with Crippen molar-refractivity contribution in [2.45, 2.75) is 38.6 Å². The van der Waals surface area contributed by atoms with Crippen LogP contribution in [0.25, 0.3) is 0 Å². The van der Waals surface area contributed by atoms with Crippen molar-refractivity contribution in [3.05, 3.63) is 47.5 Å². The first kappa shape index (κ1) is 13.1. The molecule has 2 aromatic rings. The fourth-order valence-electron chi connectivity index (χ4n) is 2.20. The van der Waals surface area contributed by atoms with Gasteiger partial charge in [0.25, 0.3) is 0 Å². The van der Waals surface area contributed by atoms with Crippen LogP contribution >= 0.6 is 11.6 Å². The lowest BCUT2D eigenvalue weighted by atomic mass is 9.91. The summed E-state index contributed by atoms with van der Waals surface area (Å²) in [5, 5.41) is 4.94. The molecule has 0 saturated carbocycles. The van der Waals surface area contributed by atoms with Gasteiger partial charge in [0.15, 0.2) is 0 Å². The lowest BCUT2D eigenvalue weighted by molar-refractivity contribution is 0.488. The average molecular weight is 264 g/mol. The van der Waals surface area contributed by atoms with E-state index in [9.17, 15) is 0 Å². The van der Waals surface area contributed by atoms with E-state index in [0.29, 0.717) is 5.92 Å². The van der Waals surface area contributed by atoms with Crippen LogP contribution in [-0.2, 0) is 6.54 Å². The van der Waals surface area contributed by atoms with E-state index < -0.39 is 0 Å². The highest BCUT2D eigenvalue weighted by Crippen LogP contribution is 2.26. The Morgan fingerprint density at radius 1 is 1.22 bits per heavy atom. The molecule has 4 heteroatoms. The summed E-state index contributed by atoms with van der Waals surface area (Å²) >= 11 is 5.93. The van der Waals surface area contributed by atoms with Crippen LogP contribution in [0.15, 0.2) is 36.9 Å². The largest absolute Gasteiger partial charge is 0.253 e. The molecule has 0 unspecified atom stereocenters. The number of benzene rings is 1. The summed E-state index contributed by atoms with van der Waals surface area (Å²) in [4.78, 5) is 3.96. The maximum Gasteiger partial charge on any atom is 0.137 e. The summed E-state index contributed by atoms with van der Waals surface area (Å²) in [6.07, 6.45) is 6.81. The van der Waals surface area contributed by atoms with Gasteiger partial charge in [0.05, 0.1) is 0 Å². The van der Waals surface area contributed by atoms with E-state index in [-0.39, 0.29) is 0 Å². The van der Waals surface area contributed by atoms with E-state index in [1.54, 1.807) is 12.7 Å². The first-order valence-electron chi connectivity index (χ1n) is 6.37. The molecule has 0 aliphatic heterocycles. The van der Waals surface area contributed by atoms with Gasteiger partial charge in [0, 0.05) is 11.6 Å². The smallest absolute Gasteiger partial charge is 0.137 e. The summed E-state index contributed by atoms with van der Waals surface area (Å²) in [5.41, 5.74) is 1.36. The topological polar surface area (TPSA) is 30.7 Å². The molecule has 1 aromatic carbocycles.